The summed E-state index contributed by atoms with van der Waals surface area (Å²) in [5.41, 5.74) is 0. The van der Waals surface area contributed by atoms with E-state index in [1.807, 2.05) is 0 Å². The third kappa shape index (κ3) is 9.16. The van der Waals surface area contributed by atoms with Gasteiger partial charge >= 0.3 is 28.3 Å². The maximum absolute atomic E-state index is 9.04. The second-order valence-electron chi connectivity index (χ2n) is 0.593. The van der Waals surface area contributed by atoms with Gasteiger partial charge in [-0.05, 0) is 0 Å². The zero-order chi connectivity index (χ0) is 5.15. The van der Waals surface area contributed by atoms with Crippen LogP contribution in [-0.4, -0.2) is 17.0 Å². The van der Waals surface area contributed by atoms with Crippen LogP contribution in [0.25, 0.3) is 0 Å². The molecule has 6 heteroatoms. The Labute approximate surface area is 60.8 Å². The van der Waals surface area contributed by atoms with E-state index in [-0.39, 0.29) is 28.5 Å². The summed E-state index contributed by atoms with van der Waals surface area (Å²) >= 11 is 0. The Hall–Kier alpha value is -0.360. The van der Waals surface area contributed by atoms with Gasteiger partial charge in [0.25, 0.3) is 0 Å². The summed E-state index contributed by atoms with van der Waals surface area (Å²) in [5, 5.41) is 16.3. The molecule has 0 saturated carbocycles. The molecule has 0 aliphatic rings. The van der Waals surface area contributed by atoms with Crippen molar-refractivity contribution in [3.63, 3.8) is 0 Å². The normalized spacial score (nSPS) is 5.50. The van der Waals surface area contributed by atoms with Crippen molar-refractivity contribution in [1.29, 1.82) is 0 Å². The Bertz CT molecular complexity index is 80.0. The SMILES string of the molecule is N.O=C([O-])C(=O)O.[Ag+]. The van der Waals surface area contributed by atoms with Gasteiger partial charge in [0.2, 0.25) is 0 Å². The summed E-state index contributed by atoms with van der Waals surface area (Å²) in [4.78, 5) is 18.0. The monoisotopic (exact) mass is 213 g/mol. The van der Waals surface area contributed by atoms with Crippen LogP contribution in [0, 0.1) is 0 Å². The summed E-state index contributed by atoms with van der Waals surface area (Å²) in [5.74, 6) is -4.01. The fraction of sp³-hybridized carbons (Fsp3) is 0. The van der Waals surface area contributed by atoms with Gasteiger partial charge in [-0.2, -0.15) is 0 Å². The molecule has 0 amide bonds. The molecule has 0 aromatic carbocycles. The van der Waals surface area contributed by atoms with Gasteiger partial charge in [0.15, 0.2) is 5.97 Å². The molecule has 0 spiro atoms. The molecule has 0 radical (unpaired) electrons. The summed E-state index contributed by atoms with van der Waals surface area (Å²) in [7, 11) is 0. The predicted molar refractivity (Wildman–Crippen MR) is 17.7 cm³/mol. The zero-order valence-corrected chi connectivity index (χ0v) is 5.16. The summed E-state index contributed by atoms with van der Waals surface area (Å²) in [6, 6.07) is 0. The van der Waals surface area contributed by atoms with Crippen LogP contribution in [0.15, 0.2) is 0 Å². The molecular formula is C2H4AgNO4. The third-order valence-corrected chi connectivity index (χ3v) is 0.175. The van der Waals surface area contributed by atoms with Crippen molar-refractivity contribution in [2.75, 3.05) is 0 Å². The van der Waals surface area contributed by atoms with E-state index in [4.69, 9.17) is 19.8 Å². The van der Waals surface area contributed by atoms with E-state index < -0.39 is 11.9 Å². The van der Waals surface area contributed by atoms with Crippen LogP contribution in [0.5, 0.6) is 0 Å². The maximum Gasteiger partial charge on any atom is 1.00 e. The molecule has 0 saturated heterocycles. The van der Waals surface area contributed by atoms with Crippen molar-refractivity contribution < 1.29 is 42.2 Å². The molecule has 4 N–H and O–H groups in total. The molecule has 52 valence electrons. The molecule has 0 heterocycles. The number of carboxylic acid groups (broad SMARTS) is 2. The Morgan fingerprint density at radius 2 is 1.50 bits per heavy atom. The summed E-state index contributed by atoms with van der Waals surface area (Å²) in [6.07, 6.45) is 0. The number of carbonyl (C=O) groups excluding carboxylic acids is 1. The largest absolute Gasteiger partial charge is 1.00 e. The number of carboxylic acids is 2. The molecule has 0 aliphatic carbocycles. The van der Waals surface area contributed by atoms with Crippen molar-refractivity contribution >= 4 is 11.9 Å². The predicted octanol–water partition coefficient (Wildman–Crippen LogP) is -2.02. The van der Waals surface area contributed by atoms with Gasteiger partial charge in [0.05, 0.1) is 0 Å². The van der Waals surface area contributed by atoms with E-state index in [9.17, 15) is 0 Å². The fourth-order valence-electron chi connectivity index (χ4n) is 0. The van der Waals surface area contributed by atoms with Gasteiger partial charge in [-0.1, -0.05) is 0 Å². The van der Waals surface area contributed by atoms with Gasteiger partial charge in [0, 0.05) is 0 Å². The van der Waals surface area contributed by atoms with E-state index >= 15 is 0 Å². The number of aliphatic carboxylic acids is 2. The number of hydrogen-bond acceptors (Lipinski definition) is 4. The first kappa shape index (κ1) is 15.6. The first-order chi connectivity index (χ1) is 2.64. The van der Waals surface area contributed by atoms with Gasteiger partial charge in [-0.3, -0.25) is 0 Å². The minimum Gasteiger partial charge on any atom is -0.539 e. The second kappa shape index (κ2) is 6.64. The van der Waals surface area contributed by atoms with Gasteiger partial charge in [-0.15, -0.1) is 0 Å². The number of carbonyl (C=O) groups is 2. The Morgan fingerprint density at radius 3 is 1.50 bits per heavy atom. The van der Waals surface area contributed by atoms with Crippen LogP contribution in [0.4, 0.5) is 0 Å². The average molecular weight is 214 g/mol. The first-order valence-corrected chi connectivity index (χ1v) is 1.09. The molecule has 0 aromatic rings. The average Bonchev–Trinajstić information content (AvgIpc) is 1.36. The zero-order valence-electron chi connectivity index (χ0n) is 3.68. The Balaban J connectivity index is -0.000000125. The van der Waals surface area contributed by atoms with E-state index in [1.165, 1.54) is 0 Å². The van der Waals surface area contributed by atoms with Crippen LogP contribution in [0.3, 0.4) is 0 Å². The molecule has 0 atom stereocenters. The molecule has 8 heavy (non-hydrogen) atoms. The molecule has 0 aliphatic heterocycles. The minimum atomic E-state index is -2.07. The van der Waals surface area contributed by atoms with Crippen molar-refractivity contribution in [3.05, 3.63) is 0 Å². The molecule has 0 rings (SSSR count). The first-order valence-electron chi connectivity index (χ1n) is 1.09. The van der Waals surface area contributed by atoms with E-state index in [0.717, 1.165) is 0 Å². The van der Waals surface area contributed by atoms with Gasteiger partial charge < -0.3 is 21.2 Å². The quantitative estimate of drug-likeness (QED) is 0.357. The Morgan fingerprint density at radius 1 is 1.38 bits per heavy atom. The summed E-state index contributed by atoms with van der Waals surface area (Å²) in [6.45, 7) is 0. The molecule has 0 bridgehead atoms. The van der Waals surface area contributed by atoms with E-state index in [2.05, 4.69) is 0 Å². The van der Waals surface area contributed by atoms with Crippen molar-refractivity contribution in [2.45, 2.75) is 0 Å². The van der Waals surface area contributed by atoms with E-state index in [0.29, 0.717) is 0 Å². The van der Waals surface area contributed by atoms with Crippen LogP contribution in [0.1, 0.15) is 0 Å². The molecule has 0 unspecified atom stereocenters. The van der Waals surface area contributed by atoms with Crippen LogP contribution < -0.4 is 11.3 Å². The second-order valence-corrected chi connectivity index (χ2v) is 0.593. The minimum absolute atomic E-state index is 0. The number of rotatable bonds is 0. The van der Waals surface area contributed by atoms with Gasteiger partial charge in [-0.25, -0.2) is 4.79 Å². The summed E-state index contributed by atoms with van der Waals surface area (Å²) < 4.78 is 0. The maximum atomic E-state index is 9.04. The third-order valence-electron chi connectivity index (χ3n) is 0.175. The molecule has 0 fully saturated rings. The standard InChI is InChI=1S/C2H2O4.Ag.H3N/c3-1(4)2(5)6;;/h(H,3,4)(H,5,6);;1H3/q;+1;/p-1. The number of hydrogen-bond donors (Lipinski definition) is 2. The smallest absolute Gasteiger partial charge is 0.539 e. The topological polar surface area (TPSA) is 112 Å². The fourth-order valence-corrected chi connectivity index (χ4v) is 0. The van der Waals surface area contributed by atoms with Crippen LogP contribution in [0.2, 0.25) is 0 Å². The van der Waals surface area contributed by atoms with Crippen LogP contribution >= 0.6 is 0 Å². The Kier molecular flexibility index (Phi) is 13.0. The van der Waals surface area contributed by atoms with Crippen molar-refractivity contribution in [3.8, 4) is 0 Å². The van der Waals surface area contributed by atoms with Gasteiger partial charge in [0.1, 0.15) is 0 Å². The molecule has 5 nitrogen and oxygen atoms in total. The van der Waals surface area contributed by atoms with E-state index in [1.54, 1.807) is 0 Å². The van der Waals surface area contributed by atoms with Crippen molar-refractivity contribution in [2.24, 2.45) is 0 Å². The molecular weight excluding hydrogens is 210 g/mol. The van der Waals surface area contributed by atoms with Crippen LogP contribution in [-0.2, 0) is 32.0 Å². The molecule has 0 aromatic heterocycles. The van der Waals surface area contributed by atoms with Crippen molar-refractivity contribution in [1.82, 2.24) is 6.15 Å².